The number of hydrogen-bond acceptors (Lipinski definition) is 3. The van der Waals surface area contributed by atoms with E-state index in [1.165, 1.54) is 0 Å². The minimum Gasteiger partial charge on any atom is -0.504 e. The number of benzene rings is 1. The Morgan fingerprint density at radius 3 is 2.05 bits per heavy atom. The van der Waals surface area contributed by atoms with Crippen molar-refractivity contribution in [1.82, 2.24) is 0 Å². The first kappa shape index (κ1) is 17.9. The Morgan fingerprint density at radius 1 is 1.05 bits per heavy atom. The summed E-state index contributed by atoms with van der Waals surface area (Å²) in [4.78, 5) is 10.7. The molecule has 1 rings (SSSR count). The van der Waals surface area contributed by atoms with Gasteiger partial charge in [-0.1, -0.05) is 49.9 Å². The van der Waals surface area contributed by atoms with Gasteiger partial charge in [0.25, 0.3) is 0 Å². The molecule has 0 atom stereocenters. The second kappa shape index (κ2) is 8.35. The van der Waals surface area contributed by atoms with Gasteiger partial charge in [0.2, 0.25) is 0 Å². The molecule has 6 heteroatoms. The third-order valence-corrected chi connectivity index (χ3v) is 4.15. The zero-order valence-corrected chi connectivity index (χ0v) is 13.7. The second-order valence-corrected chi connectivity index (χ2v) is 5.59. The highest BCUT2D eigenvalue weighted by molar-refractivity contribution is 6.43. The number of carbonyl (C=O) groups is 1. The summed E-state index contributed by atoms with van der Waals surface area (Å²) in [7, 11) is 0. The third kappa shape index (κ3) is 4.42. The highest BCUT2D eigenvalue weighted by Crippen LogP contribution is 2.46. The average molecular weight is 335 g/mol. The Bertz CT molecular complexity index is 515. The summed E-state index contributed by atoms with van der Waals surface area (Å²) < 4.78 is 4.59. The van der Waals surface area contributed by atoms with E-state index in [0.717, 1.165) is 31.2 Å². The van der Waals surface area contributed by atoms with Crippen LogP contribution in [0.5, 0.6) is 11.5 Å². The number of aromatic hydroxyl groups is 1. The fraction of sp³-hybridized carbons (Fsp3) is 0.533. The summed E-state index contributed by atoms with van der Waals surface area (Å²) in [6.07, 6.45) is 3.46. The second-order valence-electron chi connectivity index (χ2n) is 4.84. The number of hydrogen-bond donors (Lipinski definition) is 2. The van der Waals surface area contributed by atoms with Gasteiger partial charge in [0, 0.05) is 5.56 Å². The lowest BCUT2D eigenvalue weighted by atomic mass is 9.96. The first-order chi connectivity index (χ1) is 9.93. The minimum atomic E-state index is -1.54. The quantitative estimate of drug-likeness (QED) is 0.514. The average Bonchev–Trinajstić information content (AvgIpc) is 2.44. The topological polar surface area (TPSA) is 66.8 Å². The van der Waals surface area contributed by atoms with Gasteiger partial charge in [0.15, 0.2) is 11.5 Å². The number of phenolic OH excluding ortho intramolecular Hbond substituents is 1. The molecule has 0 unspecified atom stereocenters. The smallest absolute Gasteiger partial charge is 0.504 e. The van der Waals surface area contributed by atoms with E-state index in [4.69, 9.17) is 28.3 Å². The molecule has 2 N–H and O–H groups in total. The molecule has 0 amide bonds. The number of rotatable bonds is 7. The molecule has 0 saturated heterocycles. The van der Waals surface area contributed by atoms with Crippen molar-refractivity contribution in [2.75, 3.05) is 0 Å². The lowest BCUT2D eigenvalue weighted by molar-refractivity contribution is 0.143. The molecule has 0 aliphatic carbocycles. The molecule has 118 valence electrons. The summed E-state index contributed by atoms with van der Waals surface area (Å²) >= 11 is 12.3. The molecular formula is C15H20Cl2O4. The van der Waals surface area contributed by atoms with E-state index in [9.17, 15) is 9.90 Å². The molecule has 0 fully saturated rings. The van der Waals surface area contributed by atoms with Crippen molar-refractivity contribution in [3.63, 3.8) is 0 Å². The molecule has 0 bridgehead atoms. The molecule has 1 aromatic rings. The van der Waals surface area contributed by atoms with Crippen molar-refractivity contribution in [3.8, 4) is 11.5 Å². The van der Waals surface area contributed by atoms with Crippen molar-refractivity contribution in [3.05, 3.63) is 21.2 Å². The van der Waals surface area contributed by atoms with Crippen LogP contribution in [0.3, 0.4) is 0 Å². The van der Waals surface area contributed by atoms with Gasteiger partial charge in [-0.2, -0.15) is 0 Å². The first-order valence-corrected chi connectivity index (χ1v) is 7.81. The van der Waals surface area contributed by atoms with E-state index in [0.29, 0.717) is 18.4 Å². The molecule has 0 saturated carbocycles. The van der Waals surface area contributed by atoms with Crippen LogP contribution in [0.1, 0.15) is 50.7 Å². The van der Waals surface area contributed by atoms with Crippen molar-refractivity contribution in [2.45, 2.75) is 52.4 Å². The molecule has 4 nitrogen and oxygen atoms in total. The minimum absolute atomic E-state index is 0.0529. The SMILES string of the molecule is CCCCc1c(O)c(OC(=O)O)c(Cl)c(Cl)c1CCCC. The Morgan fingerprint density at radius 2 is 1.57 bits per heavy atom. The summed E-state index contributed by atoms with van der Waals surface area (Å²) in [6, 6.07) is 0. The Labute approximate surface area is 134 Å². The Balaban J connectivity index is 3.38. The Hall–Kier alpha value is -1.13. The molecule has 0 heterocycles. The van der Waals surface area contributed by atoms with E-state index in [-0.39, 0.29) is 21.5 Å². The van der Waals surface area contributed by atoms with E-state index in [2.05, 4.69) is 11.7 Å². The van der Waals surface area contributed by atoms with Crippen LogP contribution in [0.15, 0.2) is 0 Å². The van der Waals surface area contributed by atoms with Gasteiger partial charge < -0.3 is 14.9 Å². The monoisotopic (exact) mass is 334 g/mol. The fourth-order valence-corrected chi connectivity index (χ4v) is 2.70. The van der Waals surface area contributed by atoms with Crippen LogP contribution in [-0.4, -0.2) is 16.4 Å². The number of halogens is 2. The highest BCUT2D eigenvalue weighted by atomic mass is 35.5. The standard InChI is InChI=1S/C15H20Cl2O4/c1-3-5-7-9-10(8-6-4-2)13(18)14(21-15(19)20)12(17)11(9)16/h18H,3-8H2,1-2H3,(H,19,20). The highest BCUT2D eigenvalue weighted by Gasteiger charge is 2.24. The Kier molecular flexibility index (Phi) is 7.12. The van der Waals surface area contributed by atoms with Gasteiger partial charge >= 0.3 is 6.16 Å². The van der Waals surface area contributed by atoms with E-state index in [1.54, 1.807) is 0 Å². The van der Waals surface area contributed by atoms with Crippen molar-refractivity contribution < 1.29 is 19.7 Å². The van der Waals surface area contributed by atoms with Crippen LogP contribution in [0.2, 0.25) is 10.0 Å². The predicted octanol–water partition coefficient (Wildman–Crippen LogP) is 5.44. The van der Waals surface area contributed by atoms with Gasteiger partial charge in [0.1, 0.15) is 5.02 Å². The maximum Gasteiger partial charge on any atom is 0.511 e. The van der Waals surface area contributed by atoms with Gasteiger partial charge in [0.05, 0.1) is 5.02 Å². The van der Waals surface area contributed by atoms with Crippen LogP contribution in [0, 0.1) is 0 Å². The number of carboxylic acid groups (broad SMARTS) is 1. The van der Waals surface area contributed by atoms with Gasteiger partial charge in [-0.3, -0.25) is 0 Å². The molecule has 21 heavy (non-hydrogen) atoms. The molecular weight excluding hydrogens is 315 g/mol. The summed E-state index contributed by atoms with van der Waals surface area (Å²) in [5, 5.41) is 19.3. The zero-order valence-electron chi connectivity index (χ0n) is 12.2. The van der Waals surface area contributed by atoms with Gasteiger partial charge in [-0.15, -0.1) is 0 Å². The fourth-order valence-electron chi connectivity index (χ4n) is 2.17. The van der Waals surface area contributed by atoms with Crippen LogP contribution < -0.4 is 4.74 Å². The van der Waals surface area contributed by atoms with Crippen molar-refractivity contribution in [1.29, 1.82) is 0 Å². The summed E-state index contributed by atoms with van der Waals surface area (Å²) in [5.41, 5.74) is 1.42. The molecule has 0 radical (unpaired) electrons. The molecule has 1 aromatic carbocycles. The summed E-state index contributed by atoms with van der Waals surface area (Å²) in [6.45, 7) is 4.10. The summed E-state index contributed by atoms with van der Waals surface area (Å²) in [5.74, 6) is -0.494. The number of ether oxygens (including phenoxy) is 1. The largest absolute Gasteiger partial charge is 0.511 e. The predicted molar refractivity (Wildman–Crippen MR) is 84.0 cm³/mol. The van der Waals surface area contributed by atoms with E-state index >= 15 is 0 Å². The number of unbranched alkanes of at least 4 members (excludes halogenated alkanes) is 2. The van der Waals surface area contributed by atoms with Gasteiger partial charge in [-0.05, 0) is 31.2 Å². The van der Waals surface area contributed by atoms with Crippen LogP contribution in [-0.2, 0) is 12.8 Å². The zero-order chi connectivity index (χ0) is 16.0. The van der Waals surface area contributed by atoms with Gasteiger partial charge in [-0.25, -0.2) is 4.79 Å². The van der Waals surface area contributed by atoms with Crippen LogP contribution in [0.25, 0.3) is 0 Å². The molecule has 0 aromatic heterocycles. The molecule has 0 aliphatic heterocycles. The van der Waals surface area contributed by atoms with E-state index in [1.807, 2.05) is 6.92 Å². The maximum atomic E-state index is 10.7. The maximum absolute atomic E-state index is 10.7. The lowest BCUT2D eigenvalue weighted by Crippen LogP contribution is -2.07. The molecule has 0 spiro atoms. The van der Waals surface area contributed by atoms with Crippen LogP contribution in [0.4, 0.5) is 4.79 Å². The van der Waals surface area contributed by atoms with Crippen LogP contribution >= 0.6 is 23.2 Å². The van der Waals surface area contributed by atoms with Crippen molar-refractivity contribution >= 4 is 29.4 Å². The number of phenols is 1. The van der Waals surface area contributed by atoms with E-state index < -0.39 is 6.16 Å². The lowest BCUT2D eigenvalue weighted by Gasteiger charge is -2.17. The first-order valence-electron chi connectivity index (χ1n) is 7.06. The normalized spacial score (nSPS) is 10.7. The van der Waals surface area contributed by atoms with Crippen molar-refractivity contribution in [2.24, 2.45) is 0 Å². The molecule has 0 aliphatic rings. The third-order valence-electron chi connectivity index (χ3n) is 3.27.